The van der Waals surface area contributed by atoms with E-state index in [1.807, 2.05) is 0 Å². The second kappa shape index (κ2) is 8.07. The minimum Gasteiger partial charge on any atom is -0.319 e. The van der Waals surface area contributed by atoms with Crippen molar-refractivity contribution in [1.82, 2.24) is 0 Å². The number of carbonyl (C=O) groups excluding carboxylic acids is 1. The van der Waals surface area contributed by atoms with E-state index >= 15 is 0 Å². The Kier molecular flexibility index (Phi) is 5.55. The van der Waals surface area contributed by atoms with Crippen LogP contribution in [0.1, 0.15) is 10.4 Å². The first kappa shape index (κ1) is 20.0. The van der Waals surface area contributed by atoms with Crippen molar-refractivity contribution in [3.05, 3.63) is 94.3 Å². The number of nitrogens with zero attached hydrogens (tertiary/aromatic N) is 1. The van der Waals surface area contributed by atoms with E-state index in [1.54, 1.807) is 30.3 Å². The summed E-state index contributed by atoms with van der Waals surface area (Å²) in [5.74, 6) is -1.49. The van der Waals surface area contributed by atoms with Crippen LogP contribution < -0.4 is 10.0 Å². The number of halogens is 1. The number of nitrogens with one attached hydrogen (secondary N) is 2. The Morgan fingerprint density at radius 2 is 1.69 bits per heavy atom. The molecule has 2 N–H and O–H groups in total. The highest BCUT2D eigenvalue weighted by Crippen LogP contribution is 2.24. The predicted octanol–water partition coefficient (Wildman–Crippen LogP) is 3.79. The Morgan fingerprint density at radius 1 is 0.966 bits per heavy atom. The molecule has 148 valence electrons. The van der Waals surface area contributed by atoms with Gasteiger partial charge in [0.25, 0.3) is 21.6 Å². The van der Waals surface area contributed by atoms with Crippen LogP contribution in [-0.4, -0.2) is 19.2 Å². The monoisotopic (exact) mass is 415 g/mol. The van der Waals surface area contributed by atoms with Crippen molar-refractivity contribution in [1.29, 1.82) is 0 Å². The lowest BCUT2D eigenvalue weighted by Crippen LogP contribution is -2.15. The molecule has 8 nitrogen and oxygen atoms in total. The smallest absolute Gasteiger partial charge is 0.271 e. The van der Waals surface area contributed by atoms with Crippen LogP contribution in [0.5, 0.6) is 0 Å². The molecule has 0 unspecified atom stereocenters. The number of nitro benzene ring substituents is 1. The molecule has 0 aromatic heterocycles. The number of carbonyl (C=O) groups is 1. The molecule has 1 amide bonds. The maximum atomic E-state index is 14.4. The zero-order valence-electron chi connectivity index (χ0n) is 14.7. The van der Waals surface area contributed by atoms with Crippen molar-refractivity contribution in [2.24, 2.45) is 0 Å². The van der Waals surface area contributed by atoms with Crippen molar-refractivity contribution in [2.75, 3.05) is 10.0 Å². The summed E-state index contributed by atoms with van der Waals surface area (Å²) in [4.78, 5) is 21.9. The fourth-order valence-electron chi connectivity index (χ4n) is 2.45. The van der Waals surface area contributed by atoms with Crippen LogP contribution in [0.25, 0.3) is 0 Å². The zero-order valence-corrected chi connectivity index (χ0v) is 15.5. The van der Waals surface area contributed by atoms with Gasteiger partial charge < -0.3 is 5.32 Å². The normalized spacial score (nSPS) is 10.9. The predicted molar refractivity (Wildman–Crippen MR) is 105 cm³/mol. The van der Waals surface area contributed by atoms with Gasteiger partial charge in [0.2, 0.25) is 0 Å². The number of hydrogen-bond acceptors (Lipinski definition) is 5. The fourth-order valence-corrected chi connectivity index (χ4v) is 3.51. The Balaban J connectivity index is 1.80. The van der Waals surface area contributed by atoms with Crippen molar-refractivity contribution in [3.8, 4) is 0 Å². The van der Waals surface area contributed by atoms with Gasteiger partial charge in [-0.2, -0.15) is 0 Å². The van der Waals surface area contributed by atoms with Gasteiger partial charge in [-0.1, -0.05) is 24.3 Å². The molecular formula is C19H14FN3O5S. The van der Waals surface area contributed by atoms with E-state index in [0.717, 1.165) is 24.3 Å². The van der Waals surface area contributed by atoms with Gasteiger partial charge in [0.15, 0.2) is 0 Å². The van der Waals surface area contributed by atoms with Gasteiger partial charge in [-0.15, -0.1) is 0 Å². The summed E-state index contributed by atoms with van der Waals surface area (Å²) >= 11 is 0. The largest absolute Gasteiger partial charge is 0.319 e. The van der Waals surface area contributed by atoms with E-state index in [9.17, 15) is 27.7 Å². The molecule has 3 rings (SSSR count). The lowest BCUT2D eigenvalue weighted by molar-refractivity contribution is -0.384. The average Bonchev–Trinajstić information content (AvgIpc) is 2.70. The van der Waals surface area contributed by atoms with Gasteiger partial charge in [-0.25, -0.2) is 12.8 Å². The van der Waals surface area contributed by atoms with Crippen LogP contribution in [0.3, 0.4) is 0 Å². The van der Waals surface area contributed by atoms with E-state index < -0.39 is 31.6 Å². The average molecular weight is 415 g/mol. The number of anilines is 2. The number of benzene rings is 3. The Bertz CT molecular complexity index is 1180. The van der Waals surface area contributed by atoms with E-state index in [0.29, 0.717) is 5.56 Å². The van der Waals surface area contributed by atoms with Gasteiger partial charge in [0, 0.05) is 17.7 Å². The quantitative estimate of drug-likeness (QED) is 0.469. The molecular weight excluding hydrogens is 401 g/mol. The van der Waals surface area contributed by atoms with E-state index in [2.05, 4.69) is 10.0 Å². The van der Waals surface area contributed by atoms with Crippen molar-refractivity contribution in [3.63, 3.8) is 0 Å². The minimum absolute atomic E-state index is 0.0407. The molecule has 10 heteroatoms. The van der Waals surface area contributed by atoms with Crippen LogP contribution in [0, 0.1) is 15.9 Å². The zero-order chi connectivity index (χ0) is 21.0. The highest BCUT2D eigenvalue weighted by atomic mass is 32.2. The summed E-state index contributed by atoms with van der Waals surface area (Å²) in [6, 6.07) is 16.0. The Labute approximate surface area is 165 Å². The molecule has 0 saturated heterocycles. The number of non-ortho nitro benzene ring substituents is 1. The van der Waals surface area contributed by atoms with Gasteiger partial charge in [0.05, 0.1) is 21.2 Å². The molecule has 3 aromatic rings. The maximum absolute atomic E-state index is 14.4. The lowest BCUT2D eigenvalue weighted by Gasteiger charge is -2.10. The highest BCUT2D eigenvalue weighted by molar-refractivity contribution is 7.92. The second-order valence-electron chi connectivity index (χ2n) is 5.87. The third-order valence-electron chi connectivity index (χ3n) is 3.84. The van der Waals surface area contributed by atoms with Gasteiger partial charge in [0.1, 0.15) is 5.82 Å². The minimum atomic E-state index is -4.20. The summed E-state index contributed by atoms with van der Waals surface area (Å²) in [6.07, 6.45) is 0. The number of sulfonamides is 1. The van der Waals surface area contributed by atoms with E-state index in [-0.39, 0.29) is 17.1 Å². The molecule has 0 radical (unpaired) electrons. The molecule has 3 aromatic carbocycles. The summed E-state index contributed by atoms with van der Waals surface area (Å²) in [5, 5.41) is 13.2. The summed E-state index contributed by atoms with van der Waals surface area (Å²) < 4.78 is 41.4. The Morgan fingerprint density at radius 3 is 2.34 bits per heavy atom. The molecule has 0 bridgehead atoms. The number of hydrogen-bond donors (Lipinski definition) is 2. The lowest BCUT2D eigenvalue weighted by atomic mass is 10.2. The second-order valence-corrected chi connectivity index (χ2v) is 7.56. The van der Waals surface area contributed by atoms with Gasteiger partial charge in [-0.3, -0.25) is 19.6 Å². The van der Waals surface area contributed by atoms with Gasteiger partial charge in [-0.05, 0) is 36.4 Å². The first-order valence-corrected chi connectivity index (χ1v) is 9.68. The molecule has 0 heterocycles. The van der Waals surface area contributed by atoms with Crippen molar-refractivity contribution < 1.29 is 22.5 Å². The standard InChI is InChI=1S/C19H14FN3O5S/c20-17-12-16(9-10-18(17)21-19(24)13-5-2-1-3-6-13)29(27,28)22-14-7-4-8-15(11-14)23(25)26/h1-12,22H,(H,21,24). The summed E-state index contributed by atoms with van der Waals surface area (Å²) in [7, 11) is -4.20. The first-order chi connectivity index (χ1) is 13.8. The van der Waals surface area contributed by atoms with E-state index in [4.69, 9.17) is 0 Å². The van der Waals surface area contributed by atoms with Crippen LogP contribution in [-0.2, 0) is 10.0 Å². The third-order valence-corrected chi connectivity index (χ3v) is 5.22. The molecule has 0 aliphatic carbocycles. The van der Waals surface area contributed by atoms with Crippen molar-refractivity contribution in [2.45, 2.75) is 4.90 Å². The molecule has 0 aliphatic heterocycles. The van der Waals surface area contributed by atoms with Crippen LogP contribution in [0.4, 0.5) is 21.5 Å². The maximum Gasteiger partial charge on any atom is 0.271 e. The third kappa shape index (κ3) is 4.74. The van der Waals surface area contributed by atoms with Crippen LogP contribution >= 0.6 is 0 Å². The highest BCUT2D eigenvalue weighted by Gasteiger charge is 2.19. The molecule has 0 atom stereocenters. The SMILES string of the molecule is O=C(Nc1ccc(S(=O)(=O)Nc2cccc([N+](=O)[O-])c2)cc1F)c1ccccc1. The van der Waals surface area contributed by atoms with Crippen LogP contribution in [0.15, 0.2) is 77.7 Å². The number of nitro groups is 1. The first-order valence-electron chi connectivity index (χ1n) is 8.19. The van der Waals surface area contributed by atoms with Crippen molar-refractivity contribution >= 4 is 33.0 Å². The number of rotatable bonds is 6. The number of amides is 1. The topological polar surface area (TPSA) is 118 Å². The van der Waals surface area contributed by atoms with Crippen LogP contribution in [0.2, 0.25) is 0 Å². The van der Waals surface area contributed by atoms with E-state index in [1.165, 1.54) is 18.2 Å². The summed E-state index contributed by atoms with van der Waals surface area (Å²) in [6.45, 7) is 0. The Hall–Kier alpha value is -3.79. The molecule has 0 saturated carbocycles. The summed E-state index contributed by atoms with van der Waals surface area (Å²) in [5.41, 5.74) is -0.208. The molecule has 0 fully saturated rings. The molecule has 29 heavy (non-hydrogen) atoms. The fraction of sp³-hybridized carbons (Fsp3) is 0. The molecule has 0 spiro atoms. The van der Waals surface area contributed by atoms with Gasteiger partial charge >= 0.3 is 0 Å². The molecule has 0 aliphatic rings.